The number of aliphatic hydroxyl groups excluding tert-OH is 1. The van der Waals surface area contributed by atoms with Crippen molar-refractivity contribution in [3.8, 4) is 0 Å². The number of allylic oxidation sites excluding steroid dienone is 2. The molecule has 0 unspecified atom stereocenters. The maximum Gasteiger partial charge on any atom is 0.156 e. The summed E-state index contributed by atoms with van der Waals surface area (Å²) >= 11 is 0. The minimum atomic E-state index is 0.287. The van der Waals surface area contributed by atoms with Gasteiger partial charge in [0.05, 0.1) is 11.4 Å². The Balaban J connectivity index is 2.90. The fourth-order valence-electron chi connectivity index (χ4n) is 1.16. The fraction of sp³-hybridized carbons (Fsp3) is 0.625. The summed E-state index contributed by atoms with van der Waals surface area (Å²) in [5, 5.41) is 13.4. The smallest absolute Gasteiger partial charge is 0.156 e. The molecule has 0 fully saturated rings. The molecule has 0 atom stereocenters. The first-order chi connectivity index (χ1) is 5.54. The molecule has 0 radical (unpaired) electrons. The molecule has 0 saturated carbocycles. The Morgan fingerprint density at radius 1 is 1.42 bits per heavy atom. The predicted molar refractivity (Wildman–Crippen MR) is 48.8 cm³/mol. The minimum Gasteiger partial charge on any atom is -0.504 e. The predicted octanol–water partition coefficient (Wildman–Crippen LogP) is 0.987. The van der Waals surface area contributed by atoms with Gasteiger partial charge in [-0.1, -0.05) is 0 Å². The van der Waals surface area contributed by atoms with Crippen molar-refractivity contribution < 1.29 is 5.11 Å². The van der Waals surface area contributed by atoms with Gasteiger partial charge in [-0.25, -0.2) is 5.01 Å². The summed E-state index contributed by atoms with van der Waals surface area (Å²) in [6.07, 6.45) is 0. The molecule has 0 amide bonds. The zero-order valence-electron chi connectivity index (χ0n) is 8.00. The van der Waals surface area contributed by atoms with Crippen molar-refractivity contribution in [2.24, 2.45) is 4.99 Å². The quantitative estimate of drug-likeness (QED) is 0.636. The van der Waals surface area contributed by atoms with Crippen molar-refractivity contribution in [2.75, 3.05) is 20.8 Å². The van der Waals surface area contributed by atoms with E-state index in [0.717, 1.165) is 5.70 Å². The first kappa shape index (κ1) is 9.06. The van der Waals surface area contributed by atoms with Crippen LogP contribution >= 0.6 is 0 Å². The minimum absolute atomic E-state index is 0.287. The Labute approximate surface area is 72.8 Å². The molecule has 0 spiro atoms. The molecule has 0 aromatic heterocycles. The molecule has 1 rings (SSSR count). The van der Waals surface area contributed by atoms with E-state index in [1.54, 1.807) is 0 Å². The monoisotopic (exact) mass is 169 g/mol. The van der Waals surface area contributed by atoms with E-state index < -0.39 is 0 Å². The van der Waals surface area contributed by atoms with Crippen LogP contribution in [-0.4, -0.2) is 41.6 Å². The van der Waals surface area contributed by atoms with Crippen molar-refractivity contribution in [3.63, 3.8) is 0 Å². The van der Waals surface area contributed by atoms with Gasteiger partial charge in [0.15, 0.2) is 5.76 Å². The van der Waals surface area contributed by atoms with Gasteiger partial charge in [-0.3, -0.25) is 10.0 Å². The van der Waals surface area contributed by atoms with Gasteiger partial charge in [0.2, 0.25) is 0 Å². The van der Waals surface area contributed by atoms with E-state index in [1.807, 2.05) is 38.0 Å². The maximum absolute atomic E-state index is 9.55. The Kier molecular flexibility index (Phi) is 2.38. The highest BCUT2D eigenvalue weighted by molar-refractivity contribution is 5.96. The lowest BCUT2D eigenvalue weighted by atomic mass is 10.2. The van der Waals surface area contributed by atoms with Crippen LogP contribution in [0, 0.1) is 0 Å². The van der Waals surface area contributed by atoms with Crippen molar-refractivity contribution >= 4 is 5.71 Å². The first-order valence-electron chi connectivity index (χ1n) is 3.90. The van der Waals surface area contributed by atoms with Gasteiger partial charge in [0.1, 0.15) is 6.67 Å². The lowest BCUT2D eigenvalue weighted by molar-refractivity contribution is 0.0616. The summed E-state index contributed by atoms with van der Waals surface area (Å²) in [6, 6.07) is 0. The van der Waals surface area contributed by atoms with Gasteiger partial charge in [0, 0.05) is 14.1 Å². The summed E-state index contributed by atoms with van der Waals surface area (Å²) in [5.74, 6) is 0.287. The van der Waals surface area contributed by atoms with E-state index in [9.17, 15) is 5.11 Å². The van der Waals surface area contributed by atoms with Gasteiger partial charge in [0.25, 0.3) is 0 Å². The summed E-state index contributed by atoms with van der Waals surface area (Å²) in [6.45, 7) is 4.29. The van der Waals surface area contributed by atoms with Gasteiger partial charge >= 0.3 is 0 Å². The average molecular weight is 169 g/mol. The van der Waals surface area contributed by atoms with E-state index in [2.05, 4.69) is 4.99 Å². The molecule has 0 saturated heterocycles. The first-order valence-corrected chi connectivity index (χ1v) is 3.90. The number of rotatable bonds is 1. The van der Waals surface area contributed by atoms with Crippen molar-refractivity contribution in [3.05, 3.63) is 11.5 Å². The zero-order chi connectivity index (χ0) is 9.30. The Hall–Kier alpha value is -1.03. The molecule has 1 aliphatic rings. The number of aliphatic hydroxyl groups is 1. The average Bonchev–Trinajstić information content (AvgIpc) is 2.00. The van der Waals surface area contributed by atoms with Crippen LogP contribution in [0.3, 0.4) is 0 Å². The van der Waals surface area contributed by atoms with E-state index >= 15 is 0 Å². The van der Waals surface area contributed by atoms with E-state index in [1.165, 1.54) is 0 Å². The fourth-order valence-corrected chi connectivity index (χ4v) is 1.16. The molecular formula is C8H15N3O. The maximum atomic E-state index is 9.55. The van der Waals surface area contributed by atoms with Crippen LogP contribution in [0.1, 0.15) is 13.8 Å². The Morgan fingerprint density at radius 3 is 2.50 bits per heavy atom. The van der Waals surface area contributed by atoms with Crippen LogP contribution in [0.25, 0.3) is 0 Å². The molecule has 4 heteroatoms. The molecule has 1 N–H and O–H groups in total. The topological polar surface area (TPSA) is 39.1 Å². The highest BCUT2D eigenvalue weighted by Gasteiger charge is 2.17. The zero-order valence-corrected chi connectivity index (χ0v) is 8.00. The van der Waals surface area contributed by atoms with Crippen molar-refractivity contribution in [1.29, 1.82) is 0 Å². The van der Waals surface area contributed by atoms with E-state index in [4.69, 9.17) is 0 Å². The summed E-state index contributed by atoms with van der Waals surface area (Å²) in [5.41, 5.74) is 1.57. The van der Waals surface area contributed by atoms with Crippen LogP contribution in [0.2, 0.25) is 0 Å². The molecule has 1 heterocycles. The van der Waals surface area contributed by atoms with E-state index in [-0.39, 0.29) is 5.76 Å². The van der Waals surface area contributed by atoms with Crippen LogP contribution in [-0.2, 0) is 0 Å². The molecular weight excluding hydrogens is 154 g/mol. The van der Waals surface area contributed by atoms with Crippen LogP contribution in [0.4, 0.5) is 0 Å². The number of hydrazine groups is 1. The molecule has 12 heavy (non-hydrogen) atoms. The van der Waals surface area contributed by atoms with Crippen LogP contribution < -0.4 is 0 Å². The van der Waals surface area contributed by atoms with Crippen LogP contribution in [0.5, 0.6) is 0 Å². The standard InChI is InChI=1S/C8H15N3O/c1-6-8(12)7(2)11(5-9-6)10(3)4/h12H,5H2,1-4H3. The van der Waals surface area contributed by atoms with Gasteiger partial charge in [-0.2, -0.15) is 0 Å². The Morgan fingerprint density at radius 2 is 2.00 bits per heavy atom. The number of aliphatic imine (C=N–C) groups is 1. The largest absolute Gasteiger partial charge is 0.504 e. The summed E-state index contributed by atoms with van der Waals surface area (Å²) in [7, 11) is 3.85. The second kappa shape index (κ2) is 3.15. The second-order valence-electron chi connectivity index (χ2n) is 3.07. The van der Waals surface area contributed by atoms with Gasteiger partial charge < -0.3 is 5.11 Å². The highest BCUT2D eigenvalue weighted by atomic mass is 16.3. The highest BCUT2D eigenvalue weighted by Crippen LogP contribution is 2.15. The van der Waals surface area contributed by atoms with Crippen molar-refractivity contribution in [1.82, 2.24) is 10.0 Å². The lowest BCUT2D eigenvalue weighted by Crippen LogP contribution is -2.39. The number of hydrogen-bond acceptors (Lipinski definition) is 4. The SMILES string of the molecule is CC1=NCN(N(C)C)C(C)=C1O. The molecule has 0 aromatic carbocycles. The van der Waals surface area contributed by atoms with Crippen molar-refractivity contribution in [2.45, 2.75) is 13.8 Å². The summed E-state index contributed by atoms with van der Waals surface area (Å²) < 4.78 is 0. The third kappa shape index (κ3) is 1.43. The number of hydrogen-bond donors (Lipinski definition) is 1. The van der Waals surface area contributed by atoms with Gasteiger partial charge in [-0.15, -0.1) is 0 Å². The Bertz CT molecular complexity index is 243. The number of nitrogens with zero attached hydrogens (tertiary/aromatic N) is 3. The van der Waals surface area contributed by atoms with Gasteiger partial charge in [-0.05, 0) is 13.8 Å². The molecule has 68 valence electrons. The normalized spacial score (nSPS) is 18.8. The lowest BCUT2D eigenvalue weighted by Gasteiger charge is -2.32. The second-order valence-corrected chi connectivity index (χ2v) is 3.07. The molecule has 0 aromatic rings. The molecule has 1 aliphatic heterocycles. The van der Waals surface area contributed by atoms with Crippen LogP contribution in [0.15, 0.2) is 16.4 Å². The molecule has 0 bridgehead atoms. The molecule has 4 nitrogen and oxygen atoms in total. The third-order valence-electron chi connectivity index (χ3n) is 2.00. The van der Waals surface area contributed by atoms with E-state index in [0.29, 0.717) is 12.4 Å². The summed E-state index contributed by atoms with van der Waals surface area (Å²) in [4.78, 5) is 4.16. The molecule has 0 aliphatic carbocycles. The third-order valence-corrected chi connectivity index (χ3v) is 2.00.